The third-order valence-electron chi connectivity index (χ3n) is 2.85. The van der Waals surface area contributed by atoms with E-state index in [1.807, 2.05) is 11.8 Å². The van der Waals surface area contributed by atoms with Gasteiger partial charge in [-0.05, 0) is 33.8 Å². The molecule has 0 aromatic heterocycles. The molecule has 1 rings (SSSR count). The summed E-state index contributed by atoms with van der Waals surface area (Å²) in [5, 5.41) is 0. The van der Waals surface area contributed by atoms with Gasteiger partial charge in [0.2, 0.25) is 5.91 Å². The van der Waals surface area contributed by atoms with Gasteiger partial charge in [-0.3, -0.25) is 9.69 Å². The number of carbonyl (C=O) groups excluding carboxylic acids is 1. The van der Waals surface area contributed by atoms with Gasteiger partial charge in [0, 0.05) is 31.7 Å². The van der Waals surface area contributed by atoms with Crippen LogP contribution in [0.2, 0.25) is 0 Å². The van der Waals surface area contributed by atoms with E-state index in [0.717, 1.165) is 26.2 Å². The Labute approximate surface area is 92.7 Å². The lowest BCUT2D eigenvalue weighted by Gasteiger charge is -2.42. The van der Waals surface area contributed by atoms with E-state index in [-0.39, 0.29) is 11.4 Å². The van der Waals surface area contributed by atoms with Crippen molar-refractivity contribution in [1.29, 1.82) is 0 Å². The van der Waals surface area contributed by atoms with Crippen molar-refractivity contribution in [2.45, 2.75) is 33.2 Å². The molecule has 86 valence electrons. The molecule has 0 aliphatic carbocycles. The molecule has 1 amide bonds. The van der Waals surface area contributed by atoms with Gasteiger partial charge in [-0.25, -0.2) is 0 Å². The predicted molar refractivity (Wildman–Crippen MR) is 62.7 cm³/mol. The summed E-state index contributed by atoms with van der Waals surface area (Å²) < 4.78 is 0. The van der Waals surface area contributed by atoms with Crippen LogP contribution in [0.5, 0.6) is 0 Å². The number of rotatable bonds is 1. The first-order chi connectivity index (χ1) is 6.95. The maximum atomic E-state index is 11.6. The lowest BCUT2D eigenvalue weighted by Crippen LogP contribution is -2.54. The summed E-state index contributed by atoms with van der Waals surface area (Å²) in [6, 6.07) is 0. The third kappa shape index (κ3) is 3.34. The van der Waals surface area contributed by atoms with Crippen LogP contribution >= 0.6 is 0 Å². The fraction of sp³-hybridized carbons (Fsp3) is 0.750. The number of carbonyl (C=O) groups is 1. The summed E-state index contributed by atoms with van der Waals surface area (Å²) >= 11 is 0. The number of amides is 1. The summed E-state index contributed by atoms with van der Waals surface area (Å²) in [4.78, 5) is 15.9. The van der Waals surface area contributed by atoms with Gasteiger partial charge < -0.3 is 4.90 Å². The molecular formula is C12H22N2O. The fourth-order valence-electron chi connectivity index (χ4n) is 1.85. The van der Waals surface area contributed by atoms with Gasteiger partial charge in [0.05, 0.1) is 0 Å². The fourth-order valence-corrected chi connectivity index (χ4v) is 1.85. The second kappa shape index (κ2) is 4.79. The molecule has 3 heteroatoms. The minimum absolute atomic E-state index is 0.144. The van der Waals surface area contributed by atoms with Crippen LogP contribution < -0.4 is 0 Å². The van der Waals surface area contributed by atoms with Crippen molar-refractivity contribution in [2.75, 3.05) is 26.2 Å². The molecule has 0 unspecified atom stereocenters. The largest absolute Gasteiger partial charge is 0.337 e. The SMILES string of the molecule is C/C=C/C(=O)N1CCN(C(C)(C)C)CC1. The molecule has 15 heavy (non-hydrogen) atoms. The Hall–Kier alpha value is -0.830. The minimum Gasteiger partial charge on any atom is -0.337 e. The van der Waals surface area contributed by atoms with Crippen LogP contribution in [-0.4, -0.2) is 47.4 Å². The topological polar surface area (TPSA) is 23.6 Å². The Bertz CT molecular complexity index is 245. The highest BCUT2D eigenvalue weighted by atomic mass is 16.2. The van der Waals surface area contributed by atoms with E-state index in [9.17, 15) is 4.79 Å². The highest BCUT2D eigenvalue weighted by Crippen LogP contribution is 2.15. The summed E-state index contributed by atoms with van der Waals surface area (Å²) in [6.07, 6.45) is 3.45. The van der Waals surface area contributed by atoms with Gasteiger partial charge in [-0.2, -0.15) is 0 Å². The molecule has 0 radical (unpaired) electrons. The van der Waals surface area contributed by atoms with Crippen molar-refractivity contribution in [3.8, 4) is 0 Å². The molecule has 1 fully saturated rings. The highest BCUT2D eigenvalue weighted by molar-refractivity contribution is 5.87. The molecule has 1 saturated heterocycles. The molecular weight excluding hydrogens is 188 g/mol. The third-order valence-corrected chi connectivity index (χ3v) is 2.85. The van der Waals surface area contributed by atoms with E-state index < -0.39 is 0 Å². The Morgan fingerprint density at radius 2 is 1.67 bits per heavy atom. The van der Waals surface area contributed by atoms with Gasteiger partial charge in [0.1, 0.15) is 0 Å². The zero-order valence-electron chi connectivity index (χ0n) is 10.3. The molecule has 0 spiro atoms. The zero-order valence-corrected chi connectivity index (χ0v) is 10.3. The molecule has 1 aliphatic rings. The number of hydrogen-bond donors (Lipinski definition) is 0. The van der Waals surface area contributed by atoms with Crippen LogP contribution in [0.1, 0.15) is 27.7 Å². The summed E-state index contributed by atoms with van der Waals surface area (Å²) in [5.74, 6) is 0.144. The molecule has 0 atom stereocenters. The maximum Gasteiger partial charge on any atom is 0.246 e. The van der Waals surface area contributed by atoms with Crippen molar-refractivity contribution >= 4 is 5.91 Å². The Morgan fingerprint density at radius 3 is 2.07 bits per heavy atom. The highest BCUT2D eigenvalue weighted by Gasteiger charge is 2.26. The van der Waals surface area contributed by atoms with Crippen LogP contribution in [0.15, 0.2) is 12.2 Å². The standard InChI is InChI=1S/C12H22N2O/c1-5-6-11(15)13-7-9-14(10-8-13)12(2,3)4/h5-6H,7-10H2,1-4H3/b6-5+. The normalized spacial score (nSPS) is 19.9. The van der Waals surface area contributed by atoms with Gasteiger partial charge in [-0.15, -0.1) is 0 Å². The van der Waals surface area contributed by atoms with Gasteiger partial charge in [-0.1, -0.05) is 6.08 Å². The first kappa shape index (κ1) is 12.2. The summed E-state index contributed by atoms with van der Waals surface area (Å²) in [6.45, 7) is 12.2. The molecule has 0 N–H and O–H groups in total. The Balaban J connectivity index is 2.46. The average molecular weight is 210 g/mol. The Morgan fingerprint density at radius 1 is 1.13 bits per heavy atom. The second-order valence-electron chi connectivity index (χ2n) is 4.98. The molecule has 1 heterocycles. The van der Waals surface area contributed by atoms with Gasteiger partial charge in [0.25, 0.3) is 0 Å². The number of allylic oxidation sites excluding steroid dienone is 1. The van der Waals surface area contributed by atoms with E-state index in [0.29, 0.717) is 0 Å². The van der Waals surface area contributed by atoms with Crippen molar-refractivity contribution in [1.82, 2.24) is 9.80 Å². The van der Waals surface area contributed by atoms with Gasteiger partial charge in [0.15, 0.2) is 0 Å². The smallest absolute Gasteiger partial charge is 0.246 e. The van der Waals surface area contributed by atoms with Gasteiger partial charge >= 0.3 is 0 Å². The number of nitrogens with zero attached hydrogens (tertiary/aromatic N) is 2. The molecule has 0 saturated carbocycles. The van der Waals surface area contributed by atoms with Crippen molar-refractivity contribution in [3.05, 3.63) is 12.2 Å². The van der Waals surface area contributed by atoms with Crippen molar-refractivity contribution < 1.29 is 4.79 Å². The number of piperazine rings is 1. The summed E-state index contributed by atoms with van der Waals surface area (Å²) in [7, 11) is 0. The predicted octanol–water partition coefficient (Wildman–Crippen LogP) is 1.51. The van der Waals surface area contributed by atoms with Crippen LogP contribution in [0.4, 0.5) is 0 Å². The van der Waals surface area contributed by atoms with E-state index >= 15 is 0 Å². The molecule has 0 aromatic rings. The molecule has 0 bridgehead atoms. The molecule has 3 nitrogen and oxygen atoms in total. The lowest BCUT2D eigenvalue weighted by atomic mass is 10.0. The molecule has 0 aromatic carbocycles. The number of hydrogen-bond acceptors (Lipinski definition) is 2. The lowest BCUT2D eigenvalue weighted by molar-refractivity contribution is -0.128. The van der Waals surface area contributed by atoms with E-state index in [1.54, 1.807) is 12.2 Å². The van der Waals surface area contributed by atoms with E-state index in [2.05, 4.69) is 25.7 Å². The Kier molecular flexibility index (Phi) is 3.91. The van der Waals surface area contributed by atoms with Crippen molar-refractivity contribution in [3.63, 3.8) is 0 Å². The molecule has 1 aliphatic heterocycles. The second-order valence-corrected chi connectivity index (χ2v) is 4.98. The van der Waals surface area contributed by atoms with Crippen LogP contribution in [0.25, 0.3) is 0 Å². The van der Waals surface area contributed by atoms with E-state index in [1.165, 1.54) is 0 Å². The monoisotopic (exact) mass is 210 g/mol. The van der Waals surface area contributed by atoms with Crippen LogP contribution in [0.3, 0.4) is 0 Å². The van der Waals surface area contributed by atoms with Crippen LogP contribution in [0, 0.1) is 0 Å². The minimum atomic E-state index is 0.144. The maximum absolute atomic E-state index is 11.6. The average Bonchev–Trinajstić information content (AvgIpc) is 2.17. The van der Waals surface area contributed by atoms with Crippen molar-refractivity contribution in [2.24, 2.45) is 0 Å². The first-order valence-electron chi connectivity index (χ1n) is 5.62. The van der Waals surface area contributed by atoms with Crippen LogP contribution in [-0.2, 0) is 4.79 Å². The summed E-state index contributed by atoms with van der Waals surface area (Å²) in [5.41, 5.74) is 0.218. The quantitative estimate of drug-likeness (QED) is 0.612. The van der Waals surface area contributed by atoms with E-state index in [4.69, 9.17) is 0 Å². The zero-order chi connectivity index (χ0) is 11.5. The first-order valence-corrected chi connectivity index (χ1v) is 5.62.